The van der Waals surface area contributed by atoms with Crippen LogP contribution in [0.2, 0.25) is 0 Å². The van der Waals surface area contributed by atoms with E-state index in [1.807, 2.05) is 24.3 Å². The van der Waals surface area contributed by atoms with Crippen LogP contribution in [0, 0.1) is 5.92 Å². The topological polar surface area (TPSA) is 20.3 Å². The number of likely N-dealkylation sites (tertiary alicyclic amines) is 1. The number of carbonyl (C=O) groups is 1. The van der Waals surface area contributed by atoms with E-state index >= 15 is 0 Å². The molecule has 98 valence electrons. The van der Waals surface area contributed by atoms with Gasteiger partial charge in [0.05, 0.1) is 6.54 Å². The molecule has 0 saturated carbocycles. The monoisotopic (exact) mass is 309 g/mol. The Morgan fingerprint density at radius 2 is 2.00 bits per heavy atom. The van der Waals surface area contributed by atoms with Gasteiger partial charge in [0.15, 0.2) is 5.78 Å². The summed E-state index contributed by atoms with van der Waals surface area (Å²) in [5.74, 6) is 1.08. The Balaban J connectivity index is 1.91. The fraction of sp³-hybridized carbons (Fsp3) is 0.533. The zero-order chi connectivity index (χ0) is 13.0. The highest BCUT2D eigenvalue weighted by molar-refractivity contribution is 9.10. The van der Waals surface area contributed by atoms with Crippen molar-refractivity contribution in [2.24, 2.45) is 5.92 Å². The van der Waals surface area contributed by atoms with E-state index in [0.717, 1.165) is 29.0 Å². The van der Waals surface area contributed by atoms with Crippen molar-refractivity contribution in [1.82, 2.24) is 4.90 Å². The molecule has 18 heavy (non-hydrogen) atoms. The van der Waals surface area contributed by atoms with Crippen molar-refractivity contribution in [2.45, 2.75) is 26.2 Å². The Bertz CT molecular complexity index is 411. The molecule has 0 bridgehead atoms. The van der Waals surface area contributed by atoms with Crippen LogP contribution < -0.4 is 0 Å². The van der Waals surface area contributed by atoms with Crippen LogP contribution in [0.1, 0.15) is 36.5 Å². The standard InChI is InChI=1S/C15H20BrNO/c1-2-12-7-9-17(10-8-12)11-15(18)13-5-3-4-6-14(13)16/h3-6,12H,2,7-11H2,1H3. The molecular weight excluding hydrogens is 290 g/mol. The van der Waals surface area contributed by atoms with E-state index in [4.69, 9.17) is 0 Å². The van der Waals surface area contributed by atoms with Crippen molar-refractivity contribution in [3.63, 3.8) is 0 Å². The second-order valence-corrected chi connectivity index (χ2v) is 5.89. The van der Waals surface area contributed by atoms with Crippen LogP contribution in [0.5, 0.6) is 0 Å². The number of rotatable bonds is 4. The van der Waals surface area contributed by atoms with Crippen molar-refractivity contribution in [3.05, 3.63) is 34.3 Å². The molecule has 0 atom stereocenters. The molecule has 1 aromatic carbocycles. The maximum atomic E-state index is 12.2. The van der Waals surface area contributed by atoms with Gasteiger partial charge in [-0.15, -0.1) is 0 Å². The summed E-state index contributed by atoms with van der Waals surface area (Å²) in [4.78, 5) is 14.5. The molecule has 1 saturated heterocycles. The lowest BCUT2D eigenvalue weighted by Gasteiger charge is -2.30. The number of hydrogen-bond acceptors (Lipinski definition) is 2. The van der Waals surface area contributed by atoms with Gasteiger partial charge in [-0.3, -0.25) is 9.69 Å². The Hall–Kier alpha value is -0.670. The van der Waals surface area contributed by atoms with E-state index < -0.39 is 0 Å². The van der Waals surface area contributed by atoms with Gasteiger partial charge in [0, 0.05) is 10.0 Å². The molecule has 0 aromatic heterocycles. The number of Topliss-reactive ketones (excluding diaryl/α,β-unsaturated/α-hetero) is 1. The highest BCUT2D eigenvalue weighted by atomic mass is 79.9. The SMILES string of the molecule is CCC1CCN(CC(=O)c2ccccc2Br)CC1. The van der Waals surface area contributed by atoms with Crippen LogP contribution in [-0.4, -0.2) is 30.3 Å². The average molecular weight is 310 g/mol. The van der Waals surface area contributed by atoms with E-state index in [2.05, 4.69) is 27.8 Å². The number of nitrogens with zero attached hydrogens (tertiary/aromatic N) is 1. The summed E-state index contributed by atoms with van der Waals surface area (Å²) >= 11 is 3.44. The van der Waals surface area contributed by atoms with Gasteiger partial charge in [-0.2, -0.15) is 0 Å². The van der Waals surface area contributed by atoms with Gasteiger partial charge in [0.2, 0.25) is 0 Å². The Labute approximate surface area is 117 Å². The van der Waals surface area contributed by atoms with Crippen molar-refractivity contribution in [1.29, 1.82) is 0 Å². The lowest BCUT2D eigenvalue weighted by molar-refractivity contribution is 0.0894. The fourth-order valence-electron chi connectivity index (χ4n) is 2.53. The zero-order valence-electron chi connectivity index (χ0n) is 10.9. The summed E-state index contributed by atoms with van der Waals surface area (Å²) in [6.07, 6.45) is 3.74. The summed E-state index contributed by atoms with van der Waals surface area (Å²) in [5, 5.41) is 0. The van der Waals surface area contributed by atoms with Crippen LogP contribution in [0.25, 0.3) is 0 Å². The van der Waals surface area contributed by atoms with Gasteiger partial charge >= 0.3 is 0 Å². The summed E-state index contributed by atoms with van der Waals surface area (Å²) in [6.45, 7) is 4.94. The van der Waals surface area contributed by atoms with Crippen molar-refractivity contribution < 1.29 is 4.79 Å². The summed E-state index contributed by atoms with van der Waals surface area (Å²) in [6, 6.07) is 7.68. The maximum Gasteiger partial charge on any atom is 0.177 e. The van der Waals surface area contributed by atoms with Crippen LogP contribution in [0.3, 0.4) is 0 Å². The first-order valence-corrected chi connectivity index (χ1v) is 7.50. The zero-order valence-corrected chi connectivity index (χ0v) is 12.4. The van der Waals surface area contributed by atoms with E-state index in [-0.39, 0.29) is 5.78 Å². The highest BCUT2D eigenvalue weighted by Gasteiger charge is 2.20. The van der Waals surface area contributed by atoms with E-state index in [1.54, 1.807) is 0 Å². The van der Waals surface area contributed by atoms with Gasteiger partial charge in [-0.25, -0.2) is 0 Å². The van der Waals surface area contributed by atoms with Gasteiger partial charge in [0.25, 0.3) is 0 Å². The lowest BCUT2D eigenvalue weighted by Crippen LogP contribution is -2.37. The maximum absolute atomic E-state index is 12.2. The lowest BCUT2D eigenvalue weighted by atomic mass is 9.94. The van der Waals surface area contributed by atoms with Gasteiger partial charge in [-0.1, -0.05) is 47.5 Å². The molecule has 1 aliphatic rings. The molecule has 1 aromatic rings. The molecule has 0 spiro atoms. The molecule has 0 radical (unpaired) electrons. The van der Waals surface area contributed by atoms with E-state index in [9.17, 15) is 4.79 Å². The average Bonchev–Trinajstić information content (AvgIpc) is 2.40. The Morgan fingerprint density at radius 1 is 1.33 bits per heavy atom. The molecule has 0 aliphatic carbocycles. The summed E-state index contributed by atoms with van der Waals surface area (Å²) in [7, 11) is 0. The number of piperidine rings is 1. The first-order chi connectivity index (χ1) is 8.70. The Morgan fingerprint density at radius 3 is 2.61 bits per heavy atom. The van der Waals surface area contributed by atoms with Gasteiger partial charge in [-0.05, 0) is 37.9 Å². The number of ketones is 1. The first-order valence-electron chi connectivity index (χ1n) is 6.70. The fourth-order valence-corrected chi connectivity index (χ4v) is 3.03. The van der Waals surface area contributed by atoms with E-state index in [0.29, 0.717) is 6.54 Å². The minimum atomic E-state index is 0.220. The number of hydrogen-bond donors (Lipinski definition) is 0. The number of halogens is 1. The predicted octanol–water partition coefficient (Wildman–Crippen LogP) is 3.75. The van der Waals surface area contributed by atoms with Crippen LogP contribution in [0.15, 0.2) is 28.7 Å². The third kappa shape index (κ3) is 3.42. The third-order valence-corrected chi connectivity index (χ3v) is 4.52. The molecule has 0 unspecified atom stereocenters. The molecule has 2 rings (SSSR count). The molecule has 1 heterocycles. The normalized spacial score (nSPS) is 17.9. The second-order valence-electron chi connectivity index (χ2n) is 5.03. The molecule has 1 fully saturated rings. The summed E-state index contributed by atoms with van der Waals surface area (Å²) in [5.41, 5.74) is 0.801. The van der Waals surface area contributed by atoms with E-state index in [1.165, 1.54) is 19.3 Å². The van der Waals surface area contributed by atoms with Crippen molar-refractivity contribution >= 4 is 21.7 Å². The minimum absolute atomic E-state index is 0.220. The van der Waals surface area contributed by atoms with Crippen LogP contribution in [0.4, 0.5) is 0 Å². The molecule has 3 heteroatoms. The quantitative estimate of drug-likeness (QED) is 0.789. The molecule has 2 nitrogen and oxygen atoms in total. The second kappa shape index (κ2) is 6.48. The molecule has 0 amide bonds. The predicted molar refractivity (Wildman–Crippen MR) is 77.9 cm³/mol. The largest absolute Gasteiger partial charge is 0.296 e. The highest BCUT2D eigenvalue weighted by Crippen LogP contribution is 2.21. The van der Waals surface area contributed by atoms with Crippen LogP contribution >= 0.6 is 15.9 Å². The molecule has 1 aliphatic heterocycles. The van der Waals surface area contributed by atoms with Gasteiger partial charge < -0.3 is 0 Å². The van der Waals surface area contributed by atoms with Crippen LogP contribution in [-0.2, 0) is 0 Å². The van der Waals surface area contributed by atoms with Crippen molar-refractivity contribution in [3.8, 4) is 0 Å². The third-order valence-electron chi connectivity index (χ3n) is 3.83. The summed E-state index contributed by atoms with van der Waals surface area (Å²) < 4.78 is 0.901. The minimum Gasteiger partial charge on any atom is -0.296 e. The number of benzene rings is 1. The Kier molecular flexibility index (Phi) is 4.95. The first kappa shape index (κ1) is 13.8. The van der Waals surface area contributed by atoms with Gasteiger partial charge in [0.1, 0.15) is 0 Å². The molecule has 0 N–H and O–H groups in total. The smallest absolute Gasteiger partial charge is 0.177 e. The molecular formula is C15H20BrNO. The van der Waals surface area contributed by atoms with Crippen molar-refractivity contribution in [2.75, 3.05) is 19.6 Å². The number of carbonyl (C=O) groups excluding carboxylic acids is 1.